The molecule has 4 aromatic rings. The van der Waals surface area contributed by atoms with Gasteiger partial charge in [-0.1, -0.05) is 54.1 Å². The predicted molar refractivity (Wildman–Crippen MR) is 127 cm³/mol. The van der Waals surface area contributed by atoms with Crippen LogP contribution < -0.4 is 14.8 Å². The van der Waals surface area contributed by atoms with Crippen LogP contribution in [0.3, 0.4) is 0 Å². The van der Waals surface area contributed by atoms with Crippen LogP contribution in [-0.2, 0) is 10.0 Å². The van der Waals surface area contributed by atoms with Crippen LogP contribution in [0.4, 0.5) is 11.4 Å². The maximum Gasteiger partial charge on any atom is 0.265 e. The lowest BCUT2D eigenvalue weighted by molar-refractivity contribution is 0.102. The molecule has 0 aliphatic heterocycles. The van der Waals surface area contributed by atoms with E-state index in [0.29, 0.717) is 11.4 Å². The molecule has 0 aliphatic carbocycles. The van der Waals surface area contributed by atoms with Gasteiger partial charge in [-0.2, -0.15) is 0 Å². The fourth-order valence-electron chi connectivity index (χ4n) is 3.39. The van der Waals surface area contributed by atoms with Gasteiger partial charge in [0, 0.05) is 22.3 Å². The zero-order chi connectivity index (χ0) is 22.7. The summed E-state index contributed by atoms with van der Waals surface area (Å²) in [4.78, 5) is 12.8. The molecule has 0 saturated carbocycles. The SMILES string of the molecule is COc1ccc(C(=O)Nc2cccc3ccccc23)cc1S(=O)(=O)Nc1ccc(C)cc1. The molecule has 4 rings (SSSR count). The third-order valence-electron chi connectivity index (χ3n) is 5.06. The van der Waals surface area contributed by atoms with Crippen LogP contribution in [0.5, 0.6) is 5.75 Å². The zero-order valence-electron chi connectivity index (χ0n) is 17.6. The Hall–Kier alpha value is -3.84. The highest BCUT2D eigenvalue weighted by Crippen LogP contribution is 2.28. The lowest BCUT2D eigenvalue weighted by Crippen LogP contribution is -2.17. The highest BCUT2D eigenvalue weighted by Gasteiger charge is 2.22. The molecule has 32 heavy (non-hydrogen) atoms. The third kappa shape index (κ3) is 4.43. The average molecular weight is 447 g/mol. The van der Waals surface area contributed by atoms with Crippen molar-refractivity contribution in [2.75, 3.05) is 17.1 Å². The van der Waals surface area contributed by atoms with Crippen LogP contribution in [0.15, 0.2) is 89.8 Å². The Balaban J connectivity index is 1.66. The third-order valence-corrected chi connectivity index (χ3v) is 6.46. The molecule has 0 bridgehead atoms. The lowest BCUT2D eigenvalue weighted by Gasteiger charge is -2.14. The summed E-state index contributed by atoms with van der Waals surface area (Å²) < 4.78 is 33.9. The Bertz CT molecular complexity index is 1390. The first-order valence-corrected chi connectivity index (χ1v) is 11.4. The van der Waals surface area contributed by atoms with Crippen LogP contribution in [0.1, 0.15) is 15.9 Å². The number of benzene rings is 4. The molecule has 2 N–H and O–H groups in total. The summed E-state index contributed by atoms with van der Waals surface area (Å²) in [5.41, 5.74) is 2.27. The van der Waals surface area contributed by atoms with Gasteiger partial charge in [0.15, 0.2) is 0 Å². The van der Waals surface area contributed by atoms with E-state index in [1.807, 2.05) is 55.5 Å². The van der Waals surface area contributed by atoms with E-state index in [2.05, 4.69) is 10.0 Å². The van der Waals surface area contributed by atoms with Gasteiger partial charge >= 0.3 is 0 Å². The number of hydrogen-bond acceptors (Lipinski definition) is 4. The van der Waals surface area contributed by atoms with E-state index in [1.165, 1.54) is 25.3 Å². The molecule has 0 saturated heterocycles. The van der Waals surface area contributed by atoms with Crippen LogP contribution in [-0.4, -0.2) is 21.4 Å². The predicted octanol–water partition coefficient (Wildman–Crippen LogP) is 5.21. The van der Waals surface area contributed by atoms with Crippen molar-refractivity contribution in [3.63, 3.8) is 0 Å². The van der Waals surface area contributed by atoms with Crippen molar-refractivity contribution in [2.45, 2.75) is 11.8 Å². The maximum atomic E-state index is 13.1. The summed E-state index contributed by atoms with van der Waals surface area (Å²) in [5.74, 6) is -0.276. The molecule has 7 heteroatoms. The molecule has 0 aromatic heterocycles. The van der Waals surface area contributed by atoms with E-state index in [4.69, 9.17) is 4.74 Å². The number of rotatable bonds is 6. The molecular weight excluding hydrogens is 424 g/mol. The van der Waals surface area contributed by atoms with Gasteiger partial charge in [0.2, 0.25) is 0 Å². The first kappa shape index (κ1) is 21.4. The van der Waals surface area contributed by atoms with E-state index in [0.717, 1.165) is 16.3 Å². The fourth-order valence-corrected chi connectivity index (χ4v) is 4.64. The fraction of sp³-hybridized carbons (Fsp3) is 0.0800. The molecule has 6 nitrogen and oxygen atoms in total. The standard InChI is InChI=1S/C25H22N2O4S/c1-17-10-13-20(14-11-17)27-32(29,30)24-16-19(12-15-23(24)31-2)25(28)26-22-9-5-7-18-6-3-4-8-21(18)22/h3-16,27H,1-2H3,(H,26,28). The van der Waals surface area contributed by atoms with E-state index >= 15 is 0 Å². The smallest absolute Gasteiger partial charge is 0.265 e. The molecule has 0 fully saturated rings. The number of ether oxygens (including phenoxy) is 1. The van der Waals surface area contributed by atoms with Gasteiger partial charge < -0.3 is 10.1 Å². The highest BCUT2D eigenvalue weighted by molar-refractivity contribution is 7.92. The summed E-state index contributed by atoms with van der Waals surface area (Å²) in [6.45, 7) is 1.92. The van der Waals surface area contributed by atoms with Gasteiger partial charge in [-0.05, 0) is 48.7 Å². The minimum absolute atomic E-state index is 0.119. The summed E-state index contributed by atoms with van der Waals surface area (Å²) in [7, 11) is -2.60. The van der Waals surface area contributed by atoms with Crippen molar-refractivity contribution in [1.29, 1.82) is 0 Å². The molecule has 1 amide bonds. The largest absolute Gasteiger partial charge is 0.495 e. The van der Waals surface area contributed by atoms with Gasteiger partial charge in [0.1, 0.15) is 10.6 Å². The van der Waals surface area contributed by atoms with Crippen LogP contribution in [0, 0.1) is 6.92 Å². The number of anilines is 2. The highest BCUT2D eigenvalue weighted by atomic mass is 32.2. The Labute approximate surface area is 186 Å². The van der Waals surface area contributed by atoms with Crippen molar-refractivity contribution in [3.05, 3.63) is 96.1 Å². The molecular formula is C25H22N2O4S. The van der Waals surface area contributed by atoms with Crippen LogP contribution >= 0.6 is 0 Å². The minimum atomic E-state index is -3.99. The van der Waals surface area contributed by atoms with Crippen LogP contribution in [0.25, 0.3) is 10.8 Å². The molecule has 0 heterocycles. The van der Waals surface area contributed by atoms with Crippen LogP contribution in [0.2, 0.25) is 0 Å². The Morgan fingerprint density at radius 2 is 1.59 bits per heavy atom. The number of amides is 1. The molecule has 4 aromatic carbocycles. The monoisotopic (exact) mass is 446 g/mol. The lowest BCUT2D eigenvalue weighted by atomic mass is 10.1. The number of hydrogen-bond donors (Lipinski definition) is 2. The van der Waals surface area contributed by atoms with E-state index in [1.54, 1.807) is 18.2 Å². The Morgan fingerprint density at radius 3 is 2.34 bits per heavy atom. The van der Waals surface area contributed by atoms with Gasteiger partial charge in [-0.15, -0.1) is 0 Å². The number of nitrogens with one attached hydrogen (secondary N) is 2. The number of methoxy groups -OCH3 is 1. The van der Waals surface area contributed by atoms with Crippen molar-refractivity contribution >= 4 is 38.1 Å². The number of carbonyl (C=O) groups excluding carboxylic acids is 1. The Kier molecular flexibility index (Phi) is 5.83. The summed E-state index contributed by atoms with van der Waals surface area (Å²) >= 11 is 0. The van der Waals surface area contributed by atoms with Gasteiger partial charge in [-0.25, -0.2) is 8.42 Å². The topological polar surface area (TPSA) is 84.5 Å². The average Bonchev–Trinajstić information content (AvgIpc) is 2.80. The first-order chi connectivity index (χ1) is 15.4. The first-order valence-electron chi connectivity index (χ1n) is 9.94. The second-order valence-electron chi connectivity index (χ2n) is 7.32. The molecule has 0 radical (unpaired) electrons. The van der Waals surface area contributed by atoms with Gasteiger partial charge in [0.05, 0.1) is 7.11 Å². The molecule has 0 spiro atoms. The number of fused-ring (bicyclic) bond motifs is 1. The maximum absolute atomic E-state index is 13.1. The summed E-state index contributed by atoms with van der Waals surface area (Å²) in [6.07, 6.45) is 0. The Morgan fingerprint density at radius 1 is 0.875 bits per heavy atom. The van der Waals surface area contributed by atoms with Gasteiger partial charge in [-0.3, -0.25) is 9.52 Å². The van der Waals surface area contributed by atoms with Crippen molar-refractivity contribution in [3.8, 4) is 5.75 Å². The van der Waals surface area contributed by atoms with Crippen molar-refractivity contribution in [2.24, 2.45) is 0 Å². The number of sulfonamides is 1. The summed E-state index contributed by atoms with van der Waals surface area (Å²) in [5, 5.41) is 4.76. The van der Waals surface area contributed by atoms with Crippen molar-refractivity contribution < 1.29 is 17.9 Å². The quantitative estimate of drug-likeness (QED) is 0.426. The van der Waals surface area contributed by atoms with Crippen molar-refractivity contribution in [1.82, 2.24) is 0 Å². The molecule has 0 aliphatic rings. The molecule has 162 valence electrons. The second-order valence-corrected chi connectivity index (χ2v) is 8.97. The number of carbonyl (C=O) groups is 1. The zero-order valence-corrected chi connectivity index (χ0v) is 18.4. The van der Waals surface area contributed by atoms with Gasteiger partial charge in [0.25, 0.3) is 15.9 Å². The normalized spacial score (nSPS) is 11.2. The van der Waals surface area contributed by atoms with E-state index in [-0.39, 0.29) is 16.2 Å². The second kappa shape index (κ2) is 8.72. The minimum Gasteiger partial charge on any atom is -0.495 e. The number of aryl methyl sites for hydroxylation is 1. The summed E-state index contributed by atoms with van der Waals surface area (Å²) in [6, 6.07) is 24.6. The molecule has 0 atom stereocenters. The van der Waals surface area contributed by atoms with E-state index < -0.39 is 15.9 Å². The van der Waals surface area contributed by atoms with E-state index in [9.17, 15) is 13.2 Å². The molecule has 0 unspecified atom stereocenters.